The first-order valence-electron chi connectivity index (χ1n) is 10.1. The van der Waals surface area contributed by atoms with Gasteiger partial charge in [0, 0.05) is 18.4 Å². The molecule has 10 nitrogen and oxygen atoms in total. The van der Waals surface area contributed by atoms with E-state index in [1.165, 1.54) is 0 Å². The summed E-state index contributed by atoms with van der Waals surface area (Å²) in [5.74, 6) is -0.109. The number of carbonyl (C=O) groups is 1. The first-order valence-corrected chi connectivity index (χ1v) is 10.1. The van der Waals surface area contributed by atoms with Gasteiger partial charge in [-0.2, -0.15) is 4.98 Å². The van der Waals surface area contributed by atoms with Crippen LogP contribution in [0.5, 0.6) is 5.88 Å². The average molecular weight is 410 g/mol. The molecule has 0 bridgehead atoms. The van der Waals surface area contributed by atoms with Crippen LogP contribution in [0.2, 0.25) is 0 Å². The van der Waals surface area contributed by atoms with Crippen LogP contribution in [0.3, 0.4) is 0 Å². The summed E-state index contributed by atoms with van der Waals surface area (Å²) in [5, 5.41) is 6.70. The monoisotopic (exact) mass is 410 g/mol. The lowest BCUT2D eigenvalue weighted by atomic mass is 10.1. The van der Waals surface area contributed by atoms with Crippen LogP contribution in [0.15, 0.2) is 12.4 Å². The van der Waals surface area contributed by atoms with Gasteiger partial charge < -0.3 is 25.5 Å². The number of rotatable bonds is 6. The minimum atomic E-state index is -0.664. The second-order valence-electron chi connectivity index (χ2n) is 7.37. The van der Waals surface area contributed by atoms with Crippen LogP contribution in [0.4, 0.5) is 5.95 Å². The highest BCUT2D eigenvalue weighted by molar-refractivity contribution is 6.00. The molecule has 0 radical (unpaired) electrons. The van der Waals surface area contributed by atoms with Gasteiger partial charge in [-0.3, -0.25) is 4.79 Å². The third-order valence-corrected chi connectivity index (χ3v) is 5.04. The molecule has 30 heavy (non-hydrogen) atoms. The summed E-state index contributed by atoms with van der Waals surface area (Å²) >= 11 is 0. The molecule has 1 aliphatic rings. The summed E-state index contributed by atoms with van der Waals surface area (Å²) in [5.41, 5.74) is 9.01. The van der Waals surface area contributed by atoms with Crippen molar-refractivity contribution in [2.45, 2.75) is 39.7 Å². The summed E-state index contributed by atoms with van der Waals surface area (Å²) in [4.78, 5) is 30.5. The van der Waals surface area contributed by atoms with E-state index in [4.69, 9.17) is 10.5 Å². The molecular weight excluding hydrogens is 384 g/mol. The van der Waals surface area contributed by atoms with Gasteiger partial charge in [-0.15, -0.1) is 0 Å². The molecule has 3 aromatic rings. The molecular formula is C20H26N8O2. The molecule has 158 valence electrons. The Hall–Kier alpha value is -3.27. The van der Waals surface area contributed by atoms with Gasteiger partial charge in [-0.05, 0) is 46.7 Å². The van der Waals surface area contributed by atoms with Crippen LogP contribution in [-0.2, 0) is 0 Å². The molecule has 0 atom stereocenters. The van der Waals surface area contributed by atoms with Gasteiger partial charge in [-0.25, -0.2) is 15.0 Å². The summed E-state index contributed by atoms with van der Waals surface area (Å²) < 4.78 is 7.54. The van der Waals surface area contributed by atoms with Crippen LogP contribution in [0, 0.1) is 13.8 Å². The molecule has 0 saturated carbocycles. The topological polar surface area (TPSA) is 132 Å². The van der Waals surface area contributed by atoms with Gasteiger partial charge in [0.25, 0.3) is 5.91 Å². The fraction of sp³-hybridized carbons (Fsp3) is 0.450. The third kappa shape index (κ3) is 3.90. The van der Waals surface area contributed by atoms with Crippen molar-refractivity contribution in [3.63, 3.8) is 0 Å². The average Bonchev–Trinajstić information content (AvgIpc) is 3.09. The summed E-state index contributed by atoms with van der Waals surface area (Å²) in [6.07, 6.45) is 5.60. The van der Waals surface area contributed by atoms with E-state index in [-0.39, 0.29) is 17.5 Å². The predicted molar refractivity (Wildman–Crippen MR) is 113 cm³/mol. The van der Waals surface area contributed by atoms with Crippen LogP contribution < -0.4 is 21.1 Å². The van der Waals surface area contributed by atoms with Crippen LogP contribution in [0.25, 0.3) is 17.0 Å². The van der Waals surface area contributed by atoms with Crippen molar-refractivity contribution in [3.8, 4) is 17.3 Å². The number of fused-ring (bicyclic) bond motifs is 1. The standard InChI is InChI=1S/C20H26N8O2/c1-4-30-19-15(17(21)29)16(26-20(27-19)25-13-5-7-22-8-6-13)14-10-28-9-11(2)23-18(28)12(3)24-14/h9-10,13,22H,4-8H2,1-3H3,(H2,21,29)(H,25,26,27). The third-order valence-electron chi connectivity index (χ3n) is 5.04. The number of hydrogen-bond acceptors (Lipinski definition) is 8. The van der Waals surface area contributed by atoms with Crippen molar-refractivity contribution in [1.29, 1.82) is 0 Å². The molecule has 0 aromatic carbocycles. The maximum absolute atomic E-state index is 12.3. The summed E-state index contributed by atoms with van der Waals surface area (Å²) in [7, 11) is 0. The van der Waals surface area contributed by atoms with Gasteiger partial charge in [0.05, 0.1) is 18.0 Å². The maximum Gasteiger partial charge on any atom is 0.256 e. The highest BCUT2D eigenvalue weighted by Gasteiger charge is 2.24. The SMILES string of the molecule is CCOc1nc(NC2CCNCC2)nc(-c2cn3cc(C)nc3c(C)n2)c1C(N)=O. The van der Waals surface area contributed by atoms with E-state index in [9.17, 15) is 4.79 Å². The molecule has 4 rings (SSSR count). The minimum Gasteiger partial charge on any atom is -0.477 e. The molecule has 1 amide bonds. The van der Waals surface area contributed by atoms with Crippen molar-refractivity contribution in [3.05, 3.63) is 29.3 Å². The lowest BCUT2D eigenvalue weighted by Gasteiger charge is -2.24. The van der Waals surface area contributed by atoms with E-state index >= 15 is 0 Å². The Labute approximate surface area is 174 Å². The number of aryl methyl sites for hydroxylation is 2. The lowest BCUT2D eigenvalue weighted by Crippen LogP contribution is -2.35. The zero-order valence-electron chi connectivity index (χ0n) is 17.4. The molecule has 10 heteroatoms. The first kappa shape index (κ1) is 20.0. The number of nitrogens with two attached hydrogens (primary N) is 1. The van der Waals surface area contributed by atoms with E-state index in [1.54, 1.807) is 6.20 Å². The van der Waals surface area contributed by atoms with E-state index in [0.29, 0.717) is 23.9 Å². The Balaban J connectivity index is 1.86. The largest absolute Gasteiger partial charge is 0.477 e. The number of ether oxygens (including phenoxy) is 1. The maximum atomic E-state index is 12.3. The number of primary amides is 1. The molecule has 0 spiro atoms. The number of nitrogens with one attached hydrogen (secondary N) is 2. The van der Waals surface area contributed by atoms with Crippen LogP contribution in [0.1, 0.15) is 41.5 Å². The smallest absolute Gasteiger partial charge is 0.256 e. The van der Waals surface area contributed by atoms with Crippen molar-refractivity contribution < 1.29 is 9.53 Å². The highest BCUT2D eigenvalue weighted by atomic mass is 16.5. The van der Waals surface area contributed by atoms with Crippen LogP contribution >= 0.6 is 0 Å². The second kappa shape index (κ2) is 8.23. The molecule has 3 aromatic heterocycles. The lowest BCUT2D eigenvalue weighted by molar-refractivity contribution is 0.0996. The predicted octanol–water partition coefficient (Wildman–Crippen LogP) is 1.46. The fourth-order valence-electron chi connectivity index (χ4n) is 3.69. The van der Waals surface area contributed by atoms with Crippen molar-refractivity contribution >= 4 is 17.5 Å². The number of piperidine rings is 1. The Bertz CT molecular complexity index is 1090. The zero-order valence-corrected chi connectivity index (χ0v) is 17.4. The van der Waals surface area contributed by atoms with Gasteiger partial charge >= 0.3 is 0 Å². The molecule has 1 aliphatic heterocycles. The fourth-order valence-corrected chi connectivity index (χ4v) is 3.69. The van der Waals surface area contributed by atoms with E-state index in [2.05, 4.69) is 30.6 Å². The molecule has 0 unspecified atom stereocenters. The van der Waals surface area contributed by atoms with Crippen LogP contribution in [-0.4, -0.2) is 56.0 Å². The Morgan fingerprint density at radius 2 is 2.00 bits per heavy atom. The number of hydrogen-bond donors (Lipinski definition) is 3. The summed E-state index contributed by atoms with van der Waals surface area (Å²) in [6.45, 7) is 7.82. The number of anilines is 1. The second-order valence-corrected chi connectivity index (χ2v) is 7.37. The Morgan fingerprint density at radius 3 is 2.70 bits per heavy atom. The van der Waals surface area contributed by atoms with Gasteiger partial charge in [0.2, 0.25) is 11.8 Å². The zero-order chi connectivity index (χ0) is 21.3. The molecule has 1 saturated heterocycles. The summed E-state index contributed by atoms with van der Waals surface area (Å²) in [6, 6.07) is 0.237. The quantitative estimate of drug-likeness (QED) is 0.556. The first-order chi connectivity index (χ1) is 14.5. The van der Waals surface area contributed by atoms with Crippen molar-refractivity contribution in [2.24, 2.45) is 5.73 Å². The number of aromatic nitrogens is 5. The van der Waals surface area contributed by atoms with Crippen molar-refractivity contribution in [2.75, 3.05) is 25.0 Å². The molecule has 0 aliphatic carbocycles. The molecule has 4 heterocycles. The van der Waals surface area contributed by atoms with E-state index < -0.39 is 5.91 Å². The van der Waals surface area contributed by atoms with Gasteiger partial charge in [0.1, 0.15) is 17.0 Å². The van der Waals surface area contributed by atoms with E-state index in [0.717, 1.165) is 43.0 Å². The number of carbonyl (C=O) groups excluding carboxylic acids is 1. The molecule has 4 N–H and O–H groups in total. The number of nitrogens with zero attached hydrogens (tertiary/aromatic N) is 5. The number of amides is 1. The molecule has 1 fully saturated rings. The van der Waals surface area contributed by atoms with Crippen molar-refractivity contribution in [1.82, 2.24) is 29.7 Å². The highest BCUT2D eigenvalue weighted by Crippen LogP contribution is 2.29. The van der Waals surface area contributed by atoms with E-state index in [1.807, 2.05) is 31.4 Å². The Morgan fingerprint density at radius 1 is 1.23 bits per heavy atom. The Kier molecular flexibility index (Phi) is 5.49. The minimum absolute atomic E-state index is 0.121. The number of imidazole rings is 1. The van der Waals surface area contributed by atoms with Gasteiger partial charge in [0.15, 0.2) is 5.65 Å². The van der Waals surface area contributed by atoms with Gasteiger partial charge in [-0.1, -0.05) is 0 Å². The normalized spacial score (nSPS) is 14.8.